The highest BCUT2D eigenvalue weighted by Gasteiger charge is 2.21. The fraction of sp³-hybridized carbons (Fsp3) is 0. The second-order valence-corrected chi connectivity index (χ2v) is 8.40. The number of hydrogen-bond acceptors (Lipinski definition) is 6. The standard InChI is InChI=1S/C15H8N2S4/c16-7-12-14(17)13(9-2-1-4-18-9)15(21-12)11-6-10-8(20-11)3-5-19-10/h1-6H,17H2. The molecule has 0 saturated carbocycles. The number of anilines is 1. The fourth-order valence-electron chi connectivity index (χ4n) is 2.24. The number of fused-ring (bicyclic) bond motifs is 1. The van der Waals surface area contributed by atoms with E-state index in [1.807, 2.05) is 11.4 Å². The van der Waals surface area contributed by atoms with Crippen molar-refractivity contribution in [3.63, 3.8) is 0 Å². The molecular weight excluding hydrogens is 336 g/mol. The molecule has 21 heavy (non-hydrogen) atoms. The maximum absolute atomic E-state index is 9.29. The molecule has 2 nitrogen and oxygen atoms in total. The molecule has 0 spiro atoms. The van der Waals surface area contributed by atoms with Gasteiger partial charge in [0.2, 0.25) is 0 Å². The van der Waals surface area contributed by atoms with Crippen molar-refractivity contribution in [2.45, 2.75) is 0 Å². The molecule has 4 aromatic heterocycles. The lowest BCUT2D eigenvalue weighted by atomic mass is 10.1. The molecular formula is C15H8N2S4. The summed E-state index contributed by atoms with van der Waals surface area (Å²) in [6.07, 6.45) is 0. The van der Waals surface area contributed by atoms with Crippen molar-refractivity contribution < 1.29 is 0 Å². The van der Waals surface area contributed by atoms with E-state index in [1.165, 1.54) is 25.6 Å². The van der Waals surface area contributed by atoms with Crippen LogP contribution in [0.15, 0.2) is 35.0 Å². The quantitative estimate of drug-likeness (QED) is 0.494. The van der Waals surface area contributed by atoms with Gasteiger partial charge in [0, 0.05) is 24.7 Å². The lowest BCUT2D eigenvalue weighted by molar-refractivity contribution is 1.52. The fourth-order valence-corrected chi connectivity index (χ4v) is 6.35. The molecule has 4 rings (SSSR count). The normalized spacial score (nSPS) is 11.0. The zero-order chi connectivity index (χ0) is 14.4. The second kappa shape index (κ2) is 4.97. The Morgan fingerprint density at radius 2 is 1.90 bits per heavy atom. The molecule has 0 amide bonds. The maximum Gasteiger partial charge on any atom is 0.129 e. The van der Waals surface area contributed by atoms with Crippen molar-refractivity contribution in [2.75, 3.05) is 5.73 Å². The van der Waals surface area contributed by atoms with E-state index in [1.54, 1.807) is 34.0 Å². The van der Waals surface area contributed by atoms with Gasteiger partial charge in [0.05, 0.1) is 10.6 Å². The first-order valence-corrected chi connectivity index (χ1v) is 9.51. The molecule has 0 aliphatic rings. The molecule has 4 heterocycles. The van der Waals surface area contributed by atoms with E-state index in [4.69, 9.17) is 5.73 Å². The van der Waals surface area contributed by atoms with Crippen LogP contribution >= 0.6 is 45.3 Å². The molecule has 4 aromatic rings. The van der Waals surface area contributed by atoms with E-state index in [0.717, 1.165) is 15.3 Å². The molecule has 0 atom stereocenters. The molecule has 6 heteroatoms. The lowest BCUT2D eigenvalue weighted by Gasteiger charge is -2.00. The van der Waals surface area contributed by atoms with Gasteiger partial charge in [0.15, 0.2) is 0 Å². The van der Waals surface area contributed by atoms with Gasteiger partial charge < -0.3 is 5.73 Å². The summed E-state index contributed by atoms with van der Waals surface area (Å²) < 4.78 is 2.58. The summed E-state index contributed by atoms with van der Waals surface area (Å²) in [5.41, 5.74) is 7.84. The summed E-state index contributed by atoms with van der Waals surface area (Å²) in [5, 5.41) is 13.4. The summed E-state index contributed by atoms with van der Waals surface area (Å²) in [6.45, 7) is 0. The molecule has 0 bridgehead atoms. The van der Waals surface area contributed by atoms with Crippen molar-refractivity contribution >= 4 is 60.4 Å². The summed E-state index contributed by atoms with van der Waals surface area (Å²) >= 11 is 6.65. The number of nitrogen functional groups attached to an aromatic ring is 1. The largest absolute Gasteiger partial charge is 0.396 e. The molecule has 0 aliphatic carbocycles. The van der Waals surface area contributed by atoms with Crippen LogP contribution in [0.25, 0.3) is 29.6 Å². The number of nitrogens with zero attached hydrogens (tertiary/aromatic N) is 1. The van der Waals surface area contributed by atoms with Gasteiger partial charge >= 0.3 is 0 Å². The van der Waals surface area contributed by atoms with Crippen LogP contribution in [0.3, 0.4) is 0 Å². The van der Waals surface area contributed by atoms with Crippen LogP contribution in [0.2, 0.25) is 0 Å². The van der Waals surface area contributed by atoms with Crippen LogP contribution in [0.4, 0.5) is 5.69 Å². The van der Waals surface area contributed by atoms with Crippen LogP contribution in [0.5, 0.6) is 0 Å². The summed E-state index contributed by atoms with van der Waals surface area (Å²) in [6, 6.07) is 10.6. The van der Waals surface area contributed by atoms with Gasteiger partial charge in [-0.2, -0.15) is 5.26 Å². The predicted molar refractivity (Wildman–Crippen MR) is 95.5 cm³/mol. The Bertz CT molecular complexity index is 935. The Morgan fingerprint density at radius 1 is 1.00 bits per heavy atom. The summed E-state index contributed by atoms with van der Waals surface area (Å²) in [5.74, 6) is 0. The third kappa shape index (κ3) is 2.01. The summed E-state index contributed by atoms with van der Waals surface area (Å²) in [4.78, 5) is 4.03. The van der Waals surface area contributed by atoms with Crippen LogP contribution in [0, 0.1) is 11.3 Å². The topological polar surface area (TPSA) is 49.8 Å². The maximum atomic E-state index is 9.29. The third-order valence-electron chi connectivity index (χ3n) is 3.18. The molecule has 0 unspecified atom stereocenters. The number of hydrogen-bond donors (Lipinski definition) is 1. The molecule has 0 aliphatic heterocycles. The Hall–Kier alpha value is -1.65. The second-order valence-electron chi connectivity index (χ2n) is 4.40. The van der Waals surface area contributed by atoms with Gasteiger partial charge in [-0.1, -0.05) is 6.07 Å². The SMILES string of the molecule is N#Cc1sc(-c2cc3sccc3s2)c(-c2cccs2)c1N. The van der Waals surface area contributed by atoms with E-state index in [0.29, 0.717) is 10.6 Å². The van der Waals surface area contributed by atoms with Gasteiger partial charge in [-0.25, -0.2) is 0 Å². The van der Waals surface area contributed by atoms with Crippen molar-refractivity contribution in [1.29, 1.82) is 5.26 Å². The van der Waals surface area contributed by atoms with Crippen molar-refractivity contribution in [1.82, 2.24) is 0 Å². The highest BCUT2D eigenvalue weighted by molar-refractivity contribution is 7.31. The Kier molecular flexibility index (Phi) is 3.08. The van der Waals surface area contributed by atoms with Gasteiger partial charge in [-0.3, -0.25) is 0 Å². The highest BCUT2D eigenvalue weighted by atomic mass is 32.1. The number of nitrogens with two attached hydrogens (primary N) is 1. The number of nitriles is 1. The van der Waals surface area contributed by atoms with Gasteiger partial charge in [-0.15, -0.1) is 45.3 Å². The Balaban J connectivity index is 2.00. The van der Waals surface area contributed by atoms with Gasteiger partial charge in [0.1, 0.15) is 10.9 Å². The minimum absolute atomic E-state index is 0.602. The first-order valence-electron chi connectivity index (χ1n) is 6.11. The van der Waals surface area contributed by atoms with E-state index in [9.17, 15) is 5.26 Å². The van der Waals surface area contributed by atoms with Gasteiger partial charge in [-0.05, 0) is 29.0 Å². The minimum atomic E-state index is 0.602. The van der Waals surface area contributed by atoms with Gasteiger partial charge in [0.25, 0.3) is 0 Å². The number of thiophene rings is 4. The molecule has 2 N–H and O–H groups in total. The Morgan fingerprint density at radius 3 is 2.62 bits per heavy atom. The highest BCUT2D eigenvalue weighted by Crippen LogP contribution is 2.49. The van der Waals surface area contributed by atoms with Crippen LogP contribution in [0.1, 0.15) is 4.88 Å². The first kappa shape index (κ1) is 13.0. The van der Waals surface area contributed by atoms with Crippen LogP contribution < -0.4 is 5.73 Å². The zero-order valence-corrected chi connectivity index (χ0v) is 13.9. The van der Waals surface area contributed by atoms with Crippen LogP contribution in [-0.2, 0) is 0 Å². The smallest absolute Gasteiger partial charge is 0.129 e. The summed E-state index contributed by atoms with van der Waals surface area (Å²) in [7, 11) is 0. The average Bonchev–Trinajstić information content (AvgIpc) is 3.20. The molecule has 0 radical (unpaired) electrons. The minimum Gasteiger partial charge on any atom is -0.396 e. The molecule has 102 valence electrons. The van der Waals surface area contributed by atoms with E-state index in [2.05, 4.69) is 29.6 Å². The zero-order valence-electron chi connectivity index (χ0n) is 10.6. The first-order chi connectivity index (χ1) is 10.3. The molecule has 0 fully saturated rings. The average molecular weight is 345 g/mol. The van der Waals surface area contributed by atoms with Crippen molar-refractivity contribution in [3.05, 3.63) is 39.9 Å². The van der Waals surface area contributed by atoms with E-state index >= 15 is 0 Å². The van der Waals surface area contributed by atoms with Crippen molar-refractivity contribution in [3.8, 4) is 26.3 Å². The van der Waals surface area contributed by atoms with E-state index < -0.39 is 0 Å². The third-order valence-corrected chi connectivity index (χ3v) is 7.45. The predicted octanol–water partition coefficient (Wildman–Crippen LogP) is 5.87. The van der Waals surface area contributed by atoms with E-state index in [-0.39, 0.29) is 0 Å². The lowest BCUT2D eigenvalue weighted by Crippen LogP contribution is -1.87. The molecule has 0 aromatic carbocycles. The molecule has 0 saturated heterocycles. The van der Waals surface area contributed by atoms with Crippen molar-refractivity contribution in [2.24, 2.45) is 0 Å². The monoisotopic (exact) mass is 344 g/mol. The Labute approximate surface area is 137 Å². The van der Waals surface area contributed by atoms with Crippen LogP contribution in [-0.4, -0.2) is 0 Å². The number of rotatable bonds is 2.